The first-order valence-electron chi connectivity index (χ1n) is 4.99. The molecule has 2 nitrogen and oxygen atoms in total. The van der Waals surface area contributed by atoms with Crippen LogP contribution < -0.4 is 0 Å². The first-order valence-corrected chi connectivity index (χ1v) is 6.82. The maximum atomic E-state index is 11.8. The SMILES string of the molecule is Cc1ccc(C(Br)C(Br)C(=O)N(C)C)cc1. The molecule has 0 radical (unpaired) electrons. The molecule has 0 aliphatic carbocycles. The summed E-state index contributed by atoms with van der Waals surface area (Å²) in [5.74, 6) is 0.0578. The number of amides is 1. The van der Waals surface area contributed by atoms with Gasteiger partial charge in [-0.1, -0.05) is 61.7 Å². The Morgan fingerprint density at radius 3 is 2.12 bits per heavy atom. The highest BCUT2D eigenvalue weighted by atomic mass is 79.9. The van der Waals surface area contributed by atoms with E-state index >= 15 is 0 Å². The highest BCUT2D eigenvalue weighted by Gasteiger charge is 2.25. The Balaban J connectivity index is 2.81. The number of carbonyl (C=O) groups excluding carboxylic acids is 1. The van der Waals surface area contributed by atoms with Crippen molar-refractivity contribution in [3.05, 3.63) is 35.4 Å². The van der Waals surface area contributed by atoms with Crippen molar-refractivity contribution >= 4 is 37.8 Å². The molecule has 0 aromatic heterocycles. The van der Waals surface area contributed by atoms with Crippen LogP contribution in [0, 0.1) is 6.92 Å². The molecule has 0 bridgehead atoms. The van der Waals surface area contributed by atoms with Crippen molar-refractivity contribution in [2.45, 2.75) is 16.6 Å². The van der Waals surface area contributed by atoms with Crippen LogP contribution in [-0.2, 0) is 4.79 Å². The van der Waals surface area contributed by atoms with Crippen molar-refractivity contribution in [2.24, 2.45) is 0 Å². The number of benzene rings is 1. The van der Waals surface area contributed by atoms with Crippen LogP contribution in [0.2, 0.25) is 0 Å². The molecule has 88 valence electrons. The Morgan fingerprint density at radius 2 is 1.69 bits per heavy atom. The average Bonchev–Trinajstić information content (AvgIpc) is 2.27. The monoisotopic (exact) mass is 347 g/mol. The third-order valence-corrected chi connectivity index (χ3v) is 5.02. The van der Waals surface area contributed by atoms with Crippen LogP contribution in [0.25, 0.3) is 0 Å². The zero-order chi connectivity index (χ0) is 12.3. The summed E-state index contributed by atoms with van der Waals surface area (Å²) < 4.78 is 0. The van der Waals surface area contributed by atoms with E-state index in [1.54, 1.807) is 19.0 Å². The fraction of sp³-hybridized carbons (Fsp3) is 0.417. The highest BCUT2D eigenvalue weighted by molar-refractivity contribution is 9.12. The van der Waals surface area contributed by atoms with Crippen LogP contribution in [0.4, 0.5) is 0 Å². The van der Waals surface area contributed by atoms with Crippen LogP contribution in [0.1, 0.15) is 16.0 Å². The first-order chi connectivity index (χ1) is 7.43. The smallest absolute Gasteiger partial charge is 0.237 e. The number of halogens is 2. The minimum Gasteiger partial charge on any atom is -0.348 e. The number of alkyl halides is 2. The summed E-state index contributed by atoms with van der Waals surface area (Å²) in [5.41, 5.74) is 2.32. The molecule has 16 heavy (non-hydrogen) atoms. The van der Waals surface area contributed by atoms with Gasteiger partial charge in [-0.05, 0) is 12.5 Å². The summed E-state index contributed by atoms with van der Waals surface area (Å²) in [6, 6.07) is 8.16. The lowest BCUT2D eigenvalue weighted by Gasteiger charge is -2.20. The molecule has 0 spiro atoms. The first kappa shape index (κ1) is 13.7. The van der Waals surface area contributed by atoms with Gasteiger partial charge in [-0.2, -0.15) is 0 Å². The largest absolute Gasteiger partial charge is 0.348 e. The molecule has 0 saturated heterocycles. The second-order valence-electron chi connectivity index (χ2n) is 3.95. The van der Waals surface area contributed by atoms with E-state index in [4.69, 9.17) is 0 Å². The van der Waals surface area contributed by atoms with Crippen molar-refractivity contribution < 1.29 is 4.79 Å². The molecule has 2 atom stereocenters. The second-order valence-corrected chi connectivity index (χ2v) is 5.92. The number of nitrogens with zero attached hydrogens (tertiary/aromatic N) is 1. The lowest BCUT2D eigenvalue weighted by Crippen LogP contribution is -2.32. The lowest BCUT2D eigenvalue weighted by atomic mass is 10.1. The van der Waals surface area contributed by atoms with Gasteiger partial charge in [0.1, 0.15) is 4.83 Å². The summed E-state index contributed by atoms with van der Waals surface area (Å²) in [6.45, 7) is 2.05. The van der Waals surface area contributed by atoms with Gasteiger partial charge in [0, 0.05) is 14.1 Å². The Kier molecular flexibility index (Phi) is 4.99. The van der Waals surface area contributed by atoms with Gasteiger partial charge in [-0.25, -0.2) is 0 Å². The zero-order valence-corrected chi connectivity index (χ0v) is 12.7. The van der Waals surface area contributed by atoms with Crippen molar-refractivity contribution in [3.8, 4) is 0 Å². The van der Waals surface area contributed by atoms with Crippen molar-refractivity contribution in [3.63, 3.8) is 0 Å². The molecule has 0 aliphatic heterocycles. The minimum absolute atomic E-state index is 0.0111. The predicted molar refractivity (Wildman–Crippen MR) is 74.3 cm³/mol. The van der Waals surface area contributed by atoms with Gasteiger partial charge in [0.2, 0.25) is 5.91 Å². The van der Waals surface area contributed by atoms with Gasteiger partial charge in [0.15, 0.2) is 0 Å². The van der Waals surface area contributed by atoms with E-state index in [-0.39, 0.29) is 15.6 Å². The molecular formula is C12H15Br2NO. The molecule has 0 aliphatic rings. The Labute approximate surface area is 113 Å². The molecule has 1 aromatic carbocycles. The highest BCUT2D eigenvalue weighted by Crippen LogP contribution is 2.32. The fourth-order valence-electron chi connectivity index (χ4n) is 1.29. The molecular weight excluding hydrogens is 334 g/mol. The van der Waals surface area contributed by atoms with Gasteiger partial charge >= 0.3 is 0 Å². The molecule has 0 heterocycles. The molecule has 1 rings (SSSR count). The summed E-state index contributed by atoms with van der Waals surface area (Å²) >= 11 is 6.98. The van der Waals surface area contributed by atoms with Gasteiger partial charge in [-0.15, -0.1) is 0 Å². The number of hydrogen-bond acceptors (Lipinski definition) is 1. The third-order valence-electron chi connectivity index (χ3n) is 2.33. The normalized spacial score (nSPS) is 14.3. The van der Waals surface area contributed by atoms with Crippen LogP contribution in [0.3, 0.4) is 0 Å². The third kappa shape index (κ3) is 3.32. The van der Waals surface area contributed by atoms with Crippen LogP contribution >= 0.6 is 31.9 Å². The number of aryl methyl sites for hydroxylation is 1. The maximum absolute atomic E-state index is 11.8. The summed E-state index contributed by atoms with van der Waals surface area (Å²) in [5, 5.41) is 0. The van der Waals surface area contributed by atoms with Crippen LogP contribution in [-0.4, -0.2) is 29.7 Å². The molecule has 1 amide bonds. The molecule has 0 saturated carbocycles. The quantitative estimate of drug-likeness (QED) is 0.767. The van der Waals surface area contributed by atoms with E-state index in [1.165, 1.54) is 5.56 Å². The number of rotatable bonds is 3. The van der Waals surface area contributed by atoms with E-state index in [1.807, 2.05) is 31.2 Å². The average molecular weight is 349 g/mol. The van der Waals surface area contributed by atoms with Crippen molar-refractivity contribution in [1.29, 1.82) is 0 Å². The topological polar surface area (TPSA) is 20.3 Å². The van der Waals surface area contributed by atoms with E-state index in [0.717, 1.165) is 5.56 Å². The summed E-state index contributed by atoms with van der Waals surface area (Å²) in [6.07, 6.45) is 0. The van der Waals surface area contributed by atoms with Gasteiger partial charge in [0.25, 0.3) is 0 Å². The molecule has 0 N–H and O–H groups in total. The fourth-order valence-corrected chi connectivity index (χ4v) is 2.54. The van der Waals surface area contributed by atoms with E-state index < -0.39 is 0 Å². The van der Waals surface area contributed by atoms with Gasteiger partial charge in [-0.3, -0.25) is 4.79 Å². The summed E-state index contributed by atoms with van der Waals surface area (Å²) in [7, 11) is 3.51. The molecule has 1 aromatic rings. The Morgan fingerprint density at radius 1 is 1.19 bits per heavy atom. The standard InChI is InChI=1S/C12H15Br2NO/c1-8-4-6-9(7-5-8)10(13)11(14)12(16)15(2)3/h4-7,10-11H,1-3H3. The molecule has 2 unspecified atom stereocenters. The maximum Gasteiger partial charge on any atom is 0.237 e. The van der Waals surface area contributed by atoms with Crippen LogP contribution in [0.15, 0.2) is 24.3 Å². The van der Waals surface area contributed by atoms with Crippen LogP contribution in [0.5, 0.6) is 0 Å². The summed E-state index contributed by atoms with van der Waals surface area (Å²) in [4.78, 5) is 13.1. The van der Waals surface area contributed by atoms with Crippen molar-refractivity contribution in [1.82, 2.24) is 4.90 Å². The number of carbonyl (C=O) groups is 1. The Bertz CT molecular complexity index is 362. The molecule has 0 fully saturated rings. The van der Waals surface area contributed by atoms with Crippen molar-refractivity contribution in [2.75, 3.05) is 14.1 Å². The van der Waals surface area contributed by atoms with E-state index in [0.29, 0.717) is 0 Å². The second kappa shape index (κ2) is 5.82. The zero-order valence-electron chi connectivity index (χ0n) is 9.58. The Hall–Kier alpha value is -0.350. The van der Waals surface area contributed by atoms with E-state index in [9.17, 15) is 4.79 Å². The van der Waals surface area contributed by atoms with Gasteiger partial charge < -0.3 is 4.90 Å². The predicted octanol–water partition coefficient (Wildman–Crippen LogP) is 3.28. The molecule has 4 heteroatoms. The van der Waals surface area contributed by atoms with E-state index in [2.05, 4.69) is 31.9 Å². The van der Waals surface area contributed by atoms with Gasteiger partial charge in [0.05, 0.1) is 4.83 Å². The minimum atomic E-state index is -0.245. The lowest BCUT2D eigenvalue weighted by molar-refractivity contribution is -0.127. The number of hydrogen-bond donors (Lipinski definition) is 0.